The number of carbonyl (C=O) groups is 1. The van der Waals surface area contributed by atoms with Crippen LogP contribution in [-0.4, -0.2) is 38.0 Å². The van der Waals surface area contributed by atoms with Crippen molar-refractivity contribution in [3.63, 3.8) is 0 Å². The van der Waals surface area contributed by atoms with Crippen LogP contribution >= 0.6 is 11.6 Å². The average Bonchev–Trinajstić information content (AvgIpc) is 2.95. The zero-order valence-electron chi connectivity index (χ0n) is 23.6. The Balaban J connectivity index is 1.32. The maximum absolute atomic E-state index is 13.5. The molecule has 0 radical (unpaired) electrons. The van der Waals surface area contributed by atoms with Gasteiger partial charge in [0.1, 0.15) is 0 Å². The zero-order chi connectivity index (χ0) is 29.3. The first-order valence-corrected chi connectivity index (χ1v) is 16.8. The van der Waals surface area contributed by atoms with Crippen LogP contribution in [0.5, 0.6) is 0 Å². The van der Waals surface area contributed by atoms with Crippen molar-refractivity contribution in [2.75, 3.05) is 22.7 Å². The predicted octanol–water partition coefficient (Wildman–Crippen LogP) is 5.77. The Hall–Kier alpha value is -3.30. The number of nitrogens with one attached hydrogen (secondary N) is 2. The summed E-state index contributed by atoms with van der Waals surface area (Å²) in [5.41, 5.74) is 2.54. The van der Waals surface area contributed by atoms with Crippen molar-refractivity contribution in [2.45, 2.75) is 74.8 Å². The molecule has 10 heteroatoms. The molecule has 1 saturated carbocycles. The number of hydrogen-bond donors (Lipinski definition) is 2. The summed E-state index contributed by atoms with van der Waals surface area (Å²) in [6.45, 7) is 1.96. The summed E-state index contributed by atoms with van der Waals surface area (Å²) in [5.74, 6) is 0.205. The second kappa shape index (κ2) is 12.1. The van der Waals surface area contributed by atoms with Crippen molar-refractivity contribution in [3.05, 3.63) is 87.3 Å². The maximum atomic E-state index is 13.5. The highest BCUT2D eigenvalue weighted by Gasteiger charge is 2.35. The lowest BCUT2D eigenvalue weighted by molar-refractivity contribution is 0.0930. The Morgan fingerprint density at radius 2 is 1.62 bits per heavy atom. The number of carbonyl (C=O) groups excluding carboxylic acids is 1. The minimum absolute atomic E-state index is 0.0201. The minimum atomic E-state index is -3.96. The molecule has 2 bridgehead atoms. The maximum Gasteiger partial charge on any atom is 0.261 e. The molecule has 1 aliphatic carbocycles. The zero-order valence-corrected chi connectivity index (χ0v) is 25.2. The SMILES string of the molecule is O=C(NC1CCCCCCC1)c1ccc(N2CC3CC(C2)c2cccc(=O)n2C3)c(NS(=O)(=O)c2ccc(Cl)cc2)c1. The van der Waals surface area contributed by atoms with Crippen LogP contribution < -0.4 is 20.5 Å². The summed E-state index contributed by atoms with van der Waals surface area (Å²) in [6, 6.07) is 16.9. The van der Waals surface area contributed by atoms with E-state index in [9.17, 15) is 18.0 Å². The first kappa shape index (κ1) is 28.8. The molecule has 2 aromatic carbocycles. The molecule has 8 nitrogen and oxygen atoms in total. The Morgan fingerprint density at radius 1 is 0.881 bits per heavy atom. The van der Waals surface area contributed by atoms with Crippen LogP contribution in [0.25, 0.3) is 0 Å². The van der Waals surface area contributed by atoms with Gasteiger partial charge in [-0.3, -0.25) is 14.3 Å². The highest BCUT2D eigenvalue weighted by atomic mass is 35.5. The number of amides is 1. The van der Waals surface area contributed by atoms with Crippen LogP contribution in [0.1, 0.15) is 73.3 Å². The largest absolute Gasteiger partial charge is 0.369 e. The van der Waals surface area contributed by atoms with Gasteiger partial charge < -0.3 is 14.8 Å². The molecule has 2 fully saturated rings. The van der Waals surface area contributed by atoms with Gasteiger partial charge in [-0.15, -0.1) is 0 Å². The number of nitrogens with zero attached hydrogens (tertiary/aromatic N) is 2. The van der Waals surface area contributed by atoms with Crippen molar-refractivity contribution < 1.29 is 13.2 Å². The van der Waals surface area contributed by atoms with Crippen molar-refractivity contribution in [3.8, 4) is 0 Å². The number of fused-ring (bicyclic) bond motifs is 4. The van der Waals surface area contributed by atoms with Crippen molar-refractivity contribution >= 4 is 38.9 Å². The summed E-state index contributed by atoms with van der Waals surface area (Å²) in [4.78, 5) is 28.2. The van der Waals surface area contributed by atoms with Crippen LogP contribution in [0.4, 0.5) is 11.4 Å². The van der Waals surface area contributed by atoms with Gasteiger partial charge in [-0.1, -0.05) is 49.8 Å². The second-order valence-electron chi connectivity index (χ2n) is 11.9. The summed E-state index contributed by atoms with van der Waals surface area (Å²) in [5, 5.41) is 3.65. The minimum Gasteiger partial charge on any atom is -0.369 e. The molecule has 2 aliphatic heterocycles. The van der Waals surface area contributed by atoms with Gasteiger partial charge in [0.05, 0.1) is 16.3 Å². The van der Waals surface area contributed by atoms with Crippen LogP contribution in [0.15, 0.2) is 70.4 Å². The smallest absolute Gasteiger partial charge is 0.261 e. The Bertz CT molecular complexity index is 1610. The van der Waals surface area contributed by atoms with Gasteiger partial charge >= 0.3 is 0 Å². The van der Waals surface area contributed by atoms with E-state index < -0.39 is 10.0 Å². The summed E-state index contributed by atoms with van der Waals surface area (Å²) >= 11 is 6.01. The number of benzene rings is 2. The molecule has 6 rings (SSSR count). The predicted molar refractivity (Wildman–Crippen MR) is 166 cm³/mol. The van der Waals surface area contributed by atoms with E-state index >= 15 is 0 Å². The molecule has 42 heavy (non-hydrogen) atoms. The van der Waals surface area contributed by atoms with E-state index in [1.165, 1.54) is 31.4 Å². The van der Waals surface area contributed by atoms with E-state index in [0.717, 1.165) is 43.5 Å². The number of anilines is 2. The van der Waals surface area contributed by atoms with Crippen LogP contribution in [-0.2, 0) is 16.6 Å². The van der Waals surface area contributed by atoms with E-state index in [0.29, 0.717) is 35.9 Å². The molecular formula is C32H37ClN4O4S. The fraction of sp³-hybridized carbons (Fsp3) is 0.438. The molecule has 222 valence electrons. The van der Waals surface area contributed by atoms with E-state index in [1.807, 2.05) is 22.8 Å². The van der Waals surface area contributed by atoms with Crippen molar-refractivity contribution in [2.24, 2.45) is 5.92 Å². The van der Waals surface area contributed by atoms with Crippen molar-refractivity contribution in [1.82, 2.24) is 9.88 Å². The van der Waals surface area contributed by atoms with E-state index in [2.05, 4.69) is 14.9 Å². The standard InChI is InChI=1S/C32H37ClN4O4S/c33-25-12-14-27(15-13-25)42(40,41)35-28-18-23(32(39)34-26-7-4-2-1-3-5-8-26)11-16-30(28)36-19-22-17-24(21-36)29-9-6-10-31(38)37(29)20-22/h6,9-16,18,22,24,26,35H,1-5,7-8,17,19-21H2,(H,34,39). The molecule has 2 atom stereocenters. The van der Waals surface area contributed by atoms with Crippen LogP contribution in [0.3, 0.4) is 0 Å². The van der Waals surface area contributed by atoms with Gasteiger partial charge in [0, 0.05) is 53.9 Å². The van der Waals surface area contributed by atoms with Gasteiger partial charge in [0.15, 0.2) is 0 Å². The normalized spacial score (nSPS) is 21.1. The molecular weight excluding hydrogens is 572 g/mol. The van der Waals surface area contributed by atoms with Gasteiger partial charge in [-0.05, 0) is 73.7 Å². The topological polar surface area (TPSA) is 101 Å². The monoisotopic (exact) mass is 608 g/mol. The lowest BCUT2D eigenvalue weighted by Crippen LogP contribution is -2.47. The van der Waals surface area contributed by atoms with Crippen LogP contribution in [0.2, 0.25) is 5.02 Å². The first-order valence-electron chi connectivity index (χ1n) is 14.9. The third-order valence-corrected chi connectivity index (χ3v) is 10.5. The molecule has 2 unspecified atom stereocenters. The lowest BCUT2D eigenvalue weighted by Gasteiger charge is -2.44. The van der Waals surface area contributed by atoms with Gasteiger partial charge in [-0.25, -0.2) is 8.42 Å². The fourth-order valence-electron chi connectivity index (χ4n) is 6.81. The second-order valence-corrected chi connectivity index (χ2v) is 14.0. The summed E-state index contributed by atoms with van der Waals surface area (Å²) in [7, 11) is -3.96. The third-order valence-electron chi connectivity index (χ3n) is 8.89. The number of rotatable bonds is 6. The highest BCUT2D eigenvalue weighted by molar-refractivity contribution is 7.92. The molecule has 1 aromatic heterocycles. The summed E-state index contributed by atoms with van der Waals surface area (Å²) < 4.78 is 31.7. The van der Waals surface area contributed by atoms with E-state index in [4.69, 9.17) is 11.6 Å². The van der Waals surface area contributed by atoms with Crippen molar-refractivity contribution in [1.29, 1.82) is 0 Å². The molecule has 3 aromatic rings. The number of aromatic nitrogens is 1. The Kier molecular flexibility index (Phi) is 8.32. The lowest BCUT2D eigenvalue weighted by atomic mass is 9.83. The molecule has 3 heterocycles. The molecule has 0 spiro atoms. The van der Waals surface area contributed by atoms with Gasteiger partial charge in [0.2, 0.25) is 0 Å². The van der Waals surface area contributed by atoms with Crippen LogP contribution in [0, 0.1) is 5.92 Å². The molecule has 1 amide bonds. The van der Waals surface area contributed by atoms with E-state index in [1.54, 1.807) is 30.3 Å². The van der Waals surface area contributed by atoms with Gasteiger partial charge in [0.25, 0.3) is 21.5 Å². The number of sulfonamides is 1. The molecule has 2 N–H and O–H groups in total. The van der Waals surface area contributed by atoms with E-state index in [-0.39, 0.29) is 34.2 Å². The number of hydrogen-bond acceptors (Lipinski definition) is 5. The van der Waals surface area contributed by atoms with Gasteiger partial charge in [-0.2, -0.15) is 0 Å². The number of pyridine rings is 1. The molecule has 3 aliphatic rings. The first-order chi connectivity index (χ1) is 20.3. The average molecular weight is 609 g/mol. The summed E-state index contributed by atoms with van der Waals surface area (Å²) in [6.07, 6.45) is 8.73. The Morgan fingerprint density at radius 3 is 2.38 bits per heavy atom. The Labute approximate surface area is 252 Å². The quantitative estimate of drug-likeness (QED) is 0.370. The number of piperidine rings is 1. The number of halogens is 1. The molecule has 1 saturated heterocycles. The third kappa shape index (κ3) is 6.22. The fourth-order valence-corrected chi connectivity index (χ4v) is 8.01. The highest BCUT2D eigenvalue weighted by Crippen LogP contribution is 2.40.